The van der Waals surface area contributed by atoms with Gasteiger partial charge in [-0.3, -0.25) is 0 Å². The molecule has 1 aliphatic rings. The zero-order chi connectivity index (χ0) is 15.5. The minimum Gasteiger partial charge on any atom is -0.378 e. The first kappa shape index (κ1) is 16.3. The molecule has 0 saturated carbocycles. The lowest BCUT2D eigenvalue weighted by Crippen LogP contribution is -2.59. The van der Waals surface area contributed by atoms with Crippen molar-refractivity contribution in [1.29, 1.82) is 0 Å². The zero-order valence-corrected chi connectivity index (χ0v) is 13.9. The third-order valence-electron chi connectivity index (χ3n) is 4.90. The SMILES string of the molecule is CCN(c1ccccc1C)C1(CN)CCOC(C(C)C)C1. The maximum Gasteiger partial charge on any atom is 0.0620 e. The van der Waals surface area contributed by atoms with Crippen LogP contribution in [-0.2, 0) is 4.74 Å². The molecule has 0 radical (unpaired) electrons. The Morgan fingerprint density at radius 2 is 2.10 bits per heavy atom. The van der Waals surface area contributed by atoms with Gasteiger partial charge in [-0.25, -0.2) is 0 Å². The van der Waals surface area contributed by atoms with E-state index < -0.39 is 0 Å². The molecule has 3 nitrogen and oxygen atoms in total. The van der Waals surface area contributed by atoms with Crippen molar-refractivity contribution in [1.82, 2.24) is 0 Å². The summed E-state index contributed by atoms with van der Waals surface area (Å²) >= 11 is 0. The van der Waals surface area contributed by atoms with Gasteiger partial charge in [0, 0.05) is 25.4 Å². The first-order valence-corrected chi connectivity index (χ1v) is 8.19. The van der Waals surface area contributed by atoms with Crippen molar-refractivity contribution in [2.45, 2.75) is 52.2 Å². The molecule has 0 spiro atoms. The minimum absolute atomic E-state index is 0.0219. The molecule has 2 N–H and O–H groups in total. The number of aryl methyl sites for hydroxylation is 1. The van der Waals surface area contributed by atoms with E-state index in [1.807, 2.05) is 0 Å². The van der Waals surface area contributed by atoms with Crippen LogP contribution in [0.25, 0.3) is 0 Å². The molecule has 0 aliphatic carbocycles. The van der Waals surface area contributed by atoms with Crippen LogP contribution in [-0.4, -0.2) is 31.3 Å². The van der Waals surface area contributed by atoms with Gasteiger partial charge in [-0.1, -0.05) is 32.0 Å². The fraction of sp³-hybridized carbons (Fsp3) is 0.667. The lowest BCUT2D eigenvalue weighted by Gasteiger charge is -2.50. The average Bonchev–Trinajstić information content (AvgIpc) is 2.50. The van der Waals surface area contributed by atoms with E-state index in [9.17, 15) is 0 Å². The molecule has 0 amide bonds. The van der Waals surface area contributed by atoms with Crippen molar-refractivity contribution >= 4 is 5.69 Å². The van der Waals surface area contributed by atoms with Crippen molar-refractivity contribution in [3.05, 3.63) is 29.8 Å². The summed E-state index contributed by atoms with van der Waals surface area (Å²) in [5, 5.41) is 0. The molecule has 3 heteroatoms. The van der Waals surface area contributed by atoms with Crippen molar-refractivity contribution < 1.29 is 4.74 Å². The van der Waals surface area contributed by atoms with E-state index in [2.05, 4.69) is 56.9 Å². The highest BCUT2D eigenvalue weighted by Gasteiger charge is 2.41. The van der Waals surface area contributed by atoms with Gasteiger partial charge in [0.1, 0.15) is 0 Å². The monoisotopic (exact) mass is 290 g/mol. The summed E-state index contributed by atoms with van der Waals surface area (Å²) in [7, 11) is 0. The second-order valence-electron chi connectivity index (χ2n) is 6.57. The Morgan fingerprint density at radius 3 is 2.67 bits per heavy atom. The molecule has 1 aliphatic heterocycles. The number of benzene rings is 1. The van der Waals surface area contributed by atoms with Gasteiger partial charge in [-0.05, 0) is 44.2 Å². The van der Waals surface area contributed by atoms with Gasteiger partial charge in [0.25, 0.3) is 0 Å². The van der Waals surface area contributed by atoms with Crippen LogP contribution in [0.5, 0.6) is 0 Å². The van der Waals surface area contributed by atoms with E-state index in [0.717, 1.165) is 26.0 Å². The Morgan fingerprint density at radius 1 is 1.38 bits per heavy atom. The van der Waals surface area contributed by atoms with E-state index in [0.29, 0.717) is 18.6 Å². The van der Waals surface area contributed by atoms with Crippen molar-refractivity contribution in [3.8, 4) is 0 Å². The molecule has 2 atom stereocenters. The van der Waals surface area contributed by atoms with Crippen LogP contribution in [0.2, 0.25) is 0 Å². The molecule has 1 aromatic rings. The van der Waals surface area contributed by atoms with E-state index >= 15 is 0 Å². The van der Waals surface area contributed by atoms with E-state index in [4.69, 9.17) is 10.5 Å². The van der Waals surface area contributed by atoms with Crippen molar-refractivity contribution in [2.24, 2.45) is 11.7 Å². The Balaban J connectivity index is 2.35. The van der Waals surface area contributed by atoms with Crippen molar-refractivity contribution in [3.63, 3.8) is 0 Å². The summed E-state index contributed by atoms with van der Waals surface area (Å²) in [5.41, 5.74) is 8.92. The second kappa shape index (κ2) is 6.80. The van der Waals surface area contributed by atoms with E-state index in [1.54, 1.807) is 0 Å². The molecular weight excluding hydrogens is 260 g/mol. The molecule has 1 fully saturated rings. The van der Waals surface area contributed by atoms with Crippen LogP contribution in [0, 0.1) is 12.8 Å². The van der Waals surface area contributed by atoms with Crippen molar-refractivity contribution in [2.75, 3.05) is 24.6 Å². The predicted octanol–water partition coefficient (Wildman–Crippen LogP) is 3.35. The molecule has 1 heterocycles. The number of anilines is 1. The van der Waals surface area contributed by atoms with Gasteiger partial charge in [0.15, 0.2) is 0 Å². The number of para-hydroxylation sites is 1. The molecule has 1 saturated heterocycles. The van der Waals surface area contributed by atoms with Gasteiger partial charge >= 0.3 is 0 Å². The lowest BCUT2D eigenvalue weighted by molar-refractivity contribution is -0.0420. The number of rotatable bonds is 5. The molecule has 21 heavy (non-hydrogen) atoms. The van der Waals surface area contributed by atoms with Crippen LogP contribution < -0.4 is 10.6 Å². The fourth-order valence-corrected chi connectivity index (χ4v) is 3.53. The van der Waals surface area contributed by atoms with Gasteiger partial charge in [0.2, 0.25) is 0 Å². The summed E-state index contributed by atoms with van der Waals surface area (Å²) < 4.78 is 5.98. The number of nitrogens with zero attached hydrogens (tertiary/aromatic N) is 1. The molecule has 1 aromatic carbocycles. The summed E-state index contributed by atoms with van der Waals surface area (Å²) in [6, 6.07) is 8.62. The molecule has 0 bridgehead atoms. The zero-order valence-electron chi connectivity index (χ0n) is 13.9. The Labute approximate surface area is 129 Å². The third kappa shape index (κ3) is 3.24. The Hall–Kier alpha value is -1.06. The normalized spacial score (nSPS) is 26.1. The first-order chi connectivity index (χ1) is 10.0. The third-order valence-corrected chi connectivity index (χ3v) is 4.90. The molecule has 2 rings (SSSR count). The highest BCUT2D eigenvalue weighted by atomic mass is 16.5. The highest BCUT2D eigenvalue weighted by molar-refractivity contribution is 5.55. The first-order valence-electron chi connectivity index (χ1n) is 8.19. The molecule has 118 valence electrons. The largest absolute Gasteiger partial charge is 0.378 e. The highest BCUT2D eigenvalue weighted by Crippen LogP contribution is 2.37. The van der Waals surface area contributed by atoms with Gasteiger partial charge in [-0.2, -0.15) is 0 Å². The van der Waals surface area contributed by atoms with Crippen LogP contribution in [0.3, 0.4) is 0 Å². The summed E-state index contributed by atoms with van der Waals surface area (Å²) in [5.74, 6) is 0.534. The number of nitrogens with two attached hydrogens (primary N) is 1. The number of hydrogen-bond donors (Lipinski definition) is 1. The summed E-state index contributed by atoms with van der Waals surface area (Å²) in [4.78, 5) is 2.51. The molecular formula is C18H30N2O. The summed E-state index contributed by atoms with van der Waals surface area (Å²) in [6.07, 6.45) is 2.33. The van der Waals surface area contributed by atoms with Crippen LogP contribution in [0.4, 0.5) is 5.69 Å². The number of hydrogen-bond acceptors (Lipinski definition) is 3. The molecule has 2 unspecified atom stereocenters. The number of ether oxygens (including phenoxy) is 1. The average molecular weight is 290 g/mol. The van der Waals surface area contributed by atoms with Crippen LogP contribution in [0.15, 0.2) is 24.3 Å². The van der Waals surface area contributed by atoms with Gasteiger partial charge < -0.3 is 15.4 Å². The Bertz CT molecular complexity index is 460. The minimum atomic E-state index is 0.0219. The fourth-order valence-electron chi connectivity index (χ4n) is 3.53. The van der Waals surface area contributed by atoms with Crippen LogP contribution >= 0.6 is 0 Å². The quantitative estimate of drug-likeness (QED) is 0.903. The van der Waals surface area contributed by atoms with Gasteiger partial charge in [0.05, 0.1) is 11.6 Å². The lowest BCUT2D eigenvalue weighted by atomic mass is 9.81. The predicted molar refractivity (Wildman–Crippen MR) is 89.8 cm³/mol. The second-order valence-corrected chi connectivity index (χ2v) is 6.57. The summed E-state index contributed by atoms with van der Waals surface area (Å²) in [6.45, 7) is 11.4. The van der Waals surface area contributed by atoms with Gasteiger partial charge in [-0.15, -0.1) is 0 Å². The van der Waals surface area contributed by atoms with Crippen LogP contribution in [0.1, 0.15) is 39.2 Å². The van der Waals surface area contributed by atoms with E-state index in [1.165, 1.54) is 11.3 Å². The van der Waals surface area contributed by atoms with E-state index in [-0.39, 0.29) is 5.54 Å². The number of likely N-dealkylation sites (N-methyl/N-ethyl adjacent to an activating group) is 1. The smallest absolute Gasteiger partial charge is 0.0620 e. The Kier molecular flexibility index (Phi) is 5.28. The maximum absolute atomic E-state index is 6.27. The standard InChI is InChI=1S/C18H30N2O/c1-5-20(16-9-7-6-8-15(16)4)18(13-19)10-11-21-17(12-18)14(2)3/h6-9,14,17H,5,10-13,19H2,1-4H3. The topological polar surface area (TPSA) is 38.5 Å². The maximum atomic E-state index is 6.27. The molecule has 0 aromatic heterocycles.